The molecule has 6 nitrogen and oxygen atoms in total. The van der Waals surface area contributed by atoms with Crippen molar-refractivity contribution in [3.8, 4) is 56.4 Å². The van der Waals surface area contributed by atoms with Crippen molar-refractivity contribution in [1.82, 2.24) is 29.1 Å². The Labute approximate surface area is 322 Å². The number of hydrogen-bond acceptors (Lipinski definition) is 4. The van der Waals surface area contributed by atoms with E-state index < -0.39 is 0 Å². The first kappa shape index (κ1) is 31.8. The standard InChI is InChI=1S/C50H32N6/c1-2-14-36(15-3-1)55-46-22-5-4-17-40(46)49-38(18-11-23-48(49)55)34-24-25-47-41(30-34)39-19-12-28-53-50(39)56(47)37-16-10-13-33(29-37)35-31-44(42-20-6-8-26-51-42)54-45(32-35)43-21-7-9-27-52-43/h1-32H. The van der Waals surface area contributed by atoms with Crippen molar-refractivity contribution >= 4 is 43.7 Å². The molecular formula is C50H32N6. The number of pyridine rings is 4. The fourth-order valence-corrected chi connectivity index (χ4v) is 8.20. The molecule has 6 heterocycles. The number of rotatable bonds is 6. The van der Waals surface area contributed by atoms with Crippen molar-refractivity contribution in [2.75, 3.05) is 0 Å². The summed E-state index contributed by atoms with van der Waals surface area (Å²) in [6, 6.07) is 61.7. The van der Waals surface area contributed by atoms with E-state index in [-0.39, 0.29) is 0 Å². The molecule has 0 atom stereocenters. The lowest BCUT2D eigenvalue weighted by molar-refractivity contribution is 1.14. The Morgan fingerprint density at radius 2 is 1.00 bits per heavy atom. The second-order valence-electron chi connectivity index (χ2n) is 13.9. The monoisotopic (exact) mass is 716 g/mol. The second-order valence-corrected chi connectivity index (χ2v) is 13.9. The Kier molecular flexibility index (Phi) is 7.38. The summed E-state index contributed by atoms with van der Waals surface area (Å²) in [6.45, 7) is 0. The number of benzene rings is 5. The average molecular weight is 717 g/mol. The number of aromatic nitrogens is 6. The van der Waals surface area contributed by atoms with E-state index in [1.54, 1.807) is 12.4 Å². The number of para-hydroxylation sites is 2. The third-order valence-electron chi connectivity index (χ3n) is 10.7. The van der Waals surface area contributed by atoms with Crippen LogP contribution in [0.1, 0.15) is 0 Å². The maximum Gasteiger partial charge on any atom is 0.145 e. The van der Waals surface area contributed by atoms with Crippen LogP contribution in [0.5, 0.6) is 0 Å². The summed E-state index contributed by atoms with van der Waals surface area (Å²) < 4.78 is 4.65. The van der Waals surface area contributed by atoms with Gasteiger partial charge in [-0.2, -0.15) is 0 Å². The van der Waals surface area contributed by atoms with E-state index in [2.05, 4.69) is 153 Å². The van der Waals surface area contributed by atoms with Gasteiger partial charge in [-0.25, -0.2) is 9.97 Å². The normalized spacial score (nSPS) is 11.6. The lowest BCUT2D eigenvalue weighted by Gasteiger charge is -2.12. The van der Waals surface area contributed by atoms with Crippen LogP contribution >= 0.6 is 0 Å². The molecule has 11 rings (SSSR count). The maximum absolute atomic E-state index is 5.00. The Balaban J connectivity index is 1.08. The van der Waals surface area contributed by atoms with Crippen molar-refractivity contribution in [2.24, 2.45) is 0 Å². The van der Waals surface area contributed by atoms with Crippen LogP contribution in [0.2, 0.25) is 0 Å². The van der Waals surface area contributed by atoms with Crippen LogP contribution in [-0.2, 0) is 0 Å². The van der Waals surface area contributed by atoms with Gasteiger partial charge >= 0.3 is 0 Å². The van der Waals surface area contributed by atoms with E-state index in [9.17, 15) is 0 Å². The van der Waals surface area contributed by atoms with Crippen molar-refractivity contribution in [3.05, 3.63) is 195 Å². The number of hydrogen-bond donors (Lipinski definition) is 0. The minimum Gasteiger partial charge on any atom is -0.309 e. The van der Waals surface area contributed by atoms with Crippen LogP contribution in [0, 0.1) is 0 Å². The summed E-state index contributed by atoms with van der Waals surface area (Å²) in [5.74, 6) is 0. The zero-order chi connectivity index (χ0) is 37.0. The molecule has 262 valence electrons. The molecule has 0 radical (unpaired) electrons. The molecule has 0 unspecified atom stereocenters. The minimum atomic E-state index is 0.794. The molecule has 6 aromatic heterocycles. The second kappa shape index (κ2) is 13.0. The molecule has 0 aliphatic carbocycles. The molecule has 0 spiro atoms. The summed E-state index contributed by atoms with van der Waals surface area (Å²) in [5, 5.41) is 4.73. The first-order valence-corrected chi connectivity index (χ1v) is 18.7. The molecule has 5 aromatic carbocycles. The first-order valence-electron chi connectivity index (χ1n) is 18.7. The summed E-state index contributed by atoms with van der Waals surface area (Å²) in [6.07, 6.45) is 5.48. The molecule has 0 aliphatic rings. The quantitative estimate of drug-likeness (QED) is 0.172. The molecule has 0 aliphatic heterocycles. The average Bonchev–Trinajstić information content (AvgIpc) is 3.80. The van der Waals surface area contributed by atoms with Gasteiger partial charge < -0.3 is 4.57 Å². The highest BCUT2D eigenvalue weighted by Crippen LogP contribution is 2.41. The van der Waals surface area contributed by atoms with Gasteiger partial charge in [-0.3, -0.25) is 14.5 Å². The van der Waals surface area contributed by atoms with Gasteiger partial charge in [0.1, 0.15) is 5.65 Å². The number of nitrogens with zero attached hydrogens (tertiary/aromatic N) is 6. The lowest BCUT2D eigenvalue weighted by Crippen LogP contribution is -1.97. The van der Waals surface area contributed by atoms with Gasteiger partial charge in [0.15, 0.2) is 0 Å². The van der Waals surface area contributed by atoms with Crippen molar-refractivity contribution in [3.63, 3.8) is 0 Å². The SMILES string of the molecule is c1ccc(-n2c3ccccc3c3c(-c4ccc5c(c4)c4cccnc4n5-c4cccc(-c5cc(-c6ccccn6)nc(-c6ccccn6)c5)c4)cccc32)cc1. The predicted molar refractivity (Wildman–Crippen MR) is 228 cm³/mol. The van der Waals surface area contributed by atoms with Crippen LogP contribution in [0.25, 0.3) is 100 Å². The third kappa shape index (κ3) is 5.19. The fourth-order valence-electron chi connectivity index (χ4n) is 8.20. The summed E-state index contributed by atoms with van der Waals surface area (Å²) in [4.78, 5) is 19.2. The van der Waals surface area contributed by atoms with Crippen molar-refractivity contribution < 1.29 is 0 Å². The minimum absolute atomic E-state index is 0.794. The predicted octanol–water partition coefficient (Wildman–Crippen LogP) is 12.1. The third-order valence-corrected chi connectivity index (χ3v) is 10.7. The topological polar surface area (TPSA) is 61.4 Å². The molecule has 0 N–H and O–H groups in total. The molecule has 0 amide bonds. The first-order chi connectivity index (χ1) is 27.8. The van der Waals surface area contributed by atoms with E-state index in [1.165, 1.54) is 27.4 Å². The van der Waals surface area contributed by atoms with Gasteiger partial charge in [0.2, 0.25) is 0 Å². The highest BCUT2D eigenvalue weighted by Gasteiger charge is 2.19. The van der Waals surface area contributed by atoms with E-state index in [1.807, 2.05) is 48.7 Å². The molecule has 56 heavy (non-hydrogen) atoms. The highest BCUT2D eigenvalue weighted by molar-refractivity contribution is 6.17. The van der Waals surface area contributed by atoms with Gasteiger partial charge in [0.25, 0.3) is 0 Å². The van der Waals surface area contributed by atoms with E-state index in [0.717, 1.165) is 72.8 Å². The molecule has 0 fully saturated rings. The molecule has 0 saturated heterocycles. The van der Waals surface area contributed by atoms with Crippen LogP contribution < -0.4 is 0 Å². The van der Waals surface area contributed by atoms with Gasteiger partial charge in [-0.15, -0.1) is 0 Å². The van der Waals surface area contributed by atoms with E-state index in [0.29, 0.717) is 0 Å². The number of fused-ring (bicyclic) bond motifs is 6. The van der Waals surface area contributed by atoms with Crippen LogP contribution in [0.4, 0.5) is 0 Å². The Morgan fingerprint density at radius 3 is 1.79 bits per heavy atom. The zero-order valence-electron chi connectivity index (χ0n) is 30.2. The van der Waals surface area contributed by atoms with E-state index >= 15 is 0 Å². The zero-order valence-corrected chi connectivity index (χ0v) is 30.2. The van der Waals surface area contributed by atoms with Gasteiger partial charge in [-0.05, 0) is 119 Å². The summed E-state index contributed by atoms with van der Waals surface area (Å²) in [5.41, 5.74) is 14.2. The molecule has 0 saturated carbocycles. The fraction of sp³-hybridized carbons (Fsp3) is 0. The smallest absolute Gasteiger partial charge is 0.145 e. The van der Waals surface area contributed by atoms with Crippen LogP contribution in [0.15, 0.2) is 195 Å². The highest BCUT2D eigenvalue weighted by atomic mass is 15.0. The lowest BCUT2D eigenvalue weighted by atomic mass is 9.98. The van der Waals surface area contributed by atoms with E-state index in [4.69, 9.17) is 9.97 Å². The molecule has 0 bridgehead atoms. The Bertz CT molecular complexity index is 3180. The maximum atomic E-state index is 5.00. The van der Waals surface area contributed by atoms with Crippen molar-refractivity contribution in [1.29, 1.82) is 0 Å². The Hall–Kier alpha value is -7.70. The summed E-state index contributed by atoms with van der Waals surface area (Å²) >= 11 is 0. The summed E-state index contributed by atoms with van der Waals surface area (Å²) in [7, 11) is 0. The molecule has 6 heteroatoms. The van der Waals surface area contributed by atoms with Gasteiger partial charge in [-0.1, -0.05) is 78.9 Å². The van der Waals surface area contributed by atoms with Crippen LogP contribution in [-0.4, -0.2) is 29.1 Å². The molecule has 11 aromatic rings. The Morgan fingerprint density at radius 1 is 0.339 bits per heavy atom. The van der Waals surface area contributed by atoms with Gasteiger partial charge in [0, 0.05) is 51.5 Å². The van der Waals surface area contributed by atoms with Crippen molar-refractivity contribution in [2.45, 2.75) is 0 Å². The molecular weight excluding hydrogens is 685 g/mol. The largest absolute Gasteiger partial charge is 0.309 e. The van der Waals surface area contributed by atoms with Gasteiger partial charge in [0.05, 0.1) is 39.3 Å². The van der Waals surface area contributed by atoms with Crippen LogP contribution in [0.3, 0.4) is 0 Å².